The minimum Gasteiger partial charge on any atom is -0.294 e. The van der Waals surface area contributed by atoms with Gasteiger partial charge >= 0.3 is 0 Å². The van der Waals surface area contributed by atoms with Crippen LogP contribution in [-0.4, -0.2) is 11.5 Å². The first-order valence-corrected chi connectivity index (χ1v) is 3.38. The van der Waals surface area contributed by atoms with Crippen LogP contribution in [0.2, 0.25) is 0 Å². The SMILES string of the molecule is CC1=CN=C(C)C(C)C1=O. The standard InChI is InChI=1S/C8H11NO/c1-5-4-9-7(3)6(2)8(5)10/h4,6H,1-3H3. The Morgan fingerprint density at radius 2 is 2.10 bits per heavy atom. The summed E-state index contributed by atoms with van der Waals surface area (Å²) in [6.45, 7) is 5.57. The molecule has 1 heterocycles. The largest absolute Gasteiger partial charge is 0.294 e. The van der Waals surface area contributed by atoms with Gasteiger partial charge in [-0.1, -0.05) is 0 Å². The first kappa shape index (κ1) is 7.19. The van der Waals surface area contributed by atoms with Crippen LogP contribution in [0.15, 0.2) is 16.8 Å². The molecule has 0 aromatic rings. The van der Waals surface area contributed by atoms with Crippen LogP contribution >= 0.6 is 0 Å². The lowest BCUT2D eigenvalue weighted by molar-refractivity contribution is -0.117. The molecule has 1 aliphatic heterocycles. The summed E-state index contributed by atoms with van der Waals surface area (Å²) in [6, 6.07) is 0. The van der Waals surface area contributed by atoms with Crippen LogP contribution in [0.1, 0.15) is 20.8 Å². The molecule has 0 saturated carbocycles. The van der Waals surface area contributed by atoms with Gasteiger partial charge in [-0.2, -0.15) is 0 Å². The van der Waals surface area contributed by atoms with Crippen molar-refractivity contribution in [2.75, 3.05) is 0 Å². The van der Waals surface area contributed by atoms with E-state index in [2.05, 4.69) is 4.99 Å². The third kappa shape index (κ3) is 1.01. The van der Waals surface area contributed by atoms with E-state index in [1.54, 1.807) is 13.1 Å². The van der Waals surface area contributed by atoms with E-state index >= 15 is 0 Å². The fourth-order valence-electron chi connectivity index (χ4n) is 0.905. The number of carbonyl (C=O) groups excluding carboxylic acids is 1. The van der Waals surface area contributed by atoms with E-state index in [4.69, 9.17) is 0 Å². The van der Waals surface area contributed by atoms with Crippen molar-refractivity contribution in [2.24, 2.45) is 10.9 Å². The highest BCUT2D eigenvalue weighted by Gasteiger charge is 2.19. The third-order valence-electron chi connectivity index (χ3n) is 1.87. The summed E-state index contributed by atoms with van der Waals surface area (Å²) in [7, 11) is 0. The Morgan fingerprint density at radius 3 is 2.60 bits per heavy atom. The first-order valence-electron chi connectivity index (χ1n) is 3.38. The molecule has 0 aliphatic carbocycles. The number of carbonyl (C=O) groups is 1. The lowest BCUT2D eigenvalue weighted by Gasteiger charge is -2.13. The summed E-state index contributed by atoms with van der Waals surface area (Å²) in [6.07, 6.45) is 1.64. The van der Waals surface area contributed by atoms with Crippen molar-refractivity contribution in [2.45, 2.75) is 20.8 Å². The van der Waals surface area contributed by atoms with Crippen LogP contribution in [0.3, 0.4) is 0 Å². The van der Waals surface area contributed by atoms with Crippen molar-refractivity contribution >= 4 is 11.5 Å². The van der Waals surface area contributed by atoms with Crippen molar-refractivity contribution in [1.82, 2.24) is 0 Å². The normalized spacial score (nSPS) is 25.9. The van der Waals surface area contributed by atoms with Gasteiger partial charge in [0.05, 0.1) is 5.92 Å². The van der Waals surface area contributed by atoms with Crippen molar-refractivity contribution in [3.63, 3.8) is 0 Å². The van der Waals surface area contributed by atoms with E-state index in [0.717, 1.165) is 11.3 Å². The van der Waals surface area contributed by atoms with Gasteiger partial charge in [0.2, 0.25) is 0 Å². The molecule has 2 nitrogen and oxygen atoms in total. The molecule has 0 N–H and O–H groups in total. The number of nitrogens with zero attached hydrogens (tertiary/aromatic N) is 1. The average Bonchev–Trinajstić information content (AvgIpc) is 1.93. The number of ketones is 1. The molecule has 10 heavy (non-hydrogen) atoms. The molecule has 0 aromatic heterocycles. The first-order chi connectivity index (χ1) is 4.63. The number of rotatable bonds is 0. The van der Waals surface area contributed by atoms with E-state index in [0.29, 0.717) is 0 Å². The summed E-state index contributed by atoms with van der Waals surface area (Å²) in [5, 5.41) is 0. The second-order valence-electron chi connectivity index (χ2n) is 2.67. The Labute approximate surface area is 60.7 Å². The zero-order valence-corrected chi connectivity index (χ0v) is 6.51. The lowest BCUT2D eigenvalue weighted by atomic mass is 9.95. The predicted octanol–water partition coefficient (Wildman–Crippen LogP) is 1.57. The molecule has 2 heteroatoms. The summed E-state index contributed by atoms with van der Waals surface area (Å²) >= 11 is 0. The number of hydrogen-bond donors (Lipinski definition) is 0. The van der Waals surface area contributed by atoms with Crippen LogP contribution in [0, 0.1) is 5.92 Å². The molecule has 1 rings (SSSR count). The zero-order chi connectivity index (χ0) is 7.72. The van der Waals surface area contributed by atoms with E-state index < -0.39 is 0 Å². The van der Waals surface area contributed by atoms with Crippen LogP contribution < -0.4 is 0 Å². The van der Waals surface area contributed by atoms with E-state index in [-0.39, 0.29) is 11.7 Å². The fraction of sp³-hybridized carbons (Fsp3) is 0.500. The second-order valence-corrected chi connectivity index (χ2v) is 2.67. The third-order valence-corrected chi connectivity index (χ3v) is 1.87. The maximum absolute atomic E-state index is 11.2. The Kier molecular flexibility index (Phi) is 1.70. The van der Waals surface area contributed by atoms with Crippen molar-refractivity contribution in [3.05, 3.63) is 11.8 Å². The second kappa shape index (κ2) is 2.37. The Bertz CT molecular complexity index is 223. The predicted molar refractivity (Wildman–Crippen MR) is 41.0 cm³/mol. The molecular formula is C8H11NO. The average molecular weight is 137 g/mol. The smallest absolute Gasteiger partial charge is 0.168 e. The van der Waals surface area contributed by atoms with Crippen molar-refractivity contribution in [3.8, 4) is 0 Å². The number of hydrogen-bond acceptors (Lipinski definition) is 2. The molecule has 1 atom stereocenters. The molecule has 54 valence electrons. The van der Waals surface area contributed by atoms with Gasteiger partial charge in [-0.25, -0.2) is 0 Å². The molecule has 0 spiro atoms. The maximum atomic E-state index is 11.2. The van der Waals surface area contributed by atoms with Crippen LogP contribution in [0.25, 0.3) is 0 Å². The van der Waals surface area contributed by atoms with Crippen molar-refractivity contribution in [1.29, 1.82) is 0 Å². The number of Topliss-reactive ketones (excluding diaryl/α,β-unsaturated/α-hetero) is 1. The fourth-order valence-corrected chi connectivity index (χ4v) is 0.905. The summed E-state index contributed by atoms with van der Waals surface area (Å²) in [5.41, 5.74) is 1.67. The van der Waals surface area contributed by atoms with Crippen LogP contribution in [0.4, 0.5) is 0 Å². The molecule has 0 bridgehead atoms. The minimum atomic E-state index is -0.00926. The minimum absolute atomic E-state index is 0.00926. The Balaban J connectivity index is 2.97. The Hall–Kier alpha value is -0.920. The molecule has 0 aromatic carbocycles. The summed E-state index contributed by atoms with van der Waals surface area (Å²) in [5.74, 6) is 0.192. The van der Waals surface area contributed by atoms with Crippen LogP contribution in [-0.2, 0) is 4.79 Å². The van der Waals surface area contributed by atoms with Gasteiger partial charge in [0.15, 0.2) is 5.78 Å². The monoisotopic (exact) mass is 137 g/mol. The lowest BCUT2D eigenvalue weighted by Crippen LogP contribution is -2.22. The summed E-state index contributed by atoms with van der Waals surface area (Å²) < 4.78 is 0. The van der Waals surface area contributed by atoms with Crippen molar-refractivity contribution < 1.29 is 4.79 Å². The number of aliphatic imine (C=N–C) groups is 1. The topological polar surface area (TPSA) is 29.4 Å². The summed E-state index contributed by atoms with van der Waals surface area (Å²) in [4.78, 5) is 15.3. The van der Waals surface area contributed by atoms with Gasteiger partial charge in [-0.3, -0.25) is 9.79 Å². The molecule has 0 saturated heterocycles. The highest BCUT2D eigenvalue weighted by Crippen LogP contribution is 2.13. The Morgan fingerprint density at radius 1 is 1.50 bits per heavy atom. The van der Waals surface area contributed by atoms with Gasteiger partial charge in [0, 0.05) is 17.5 Å². The molecule has 0 radical (unpaired) electrons. The molecule has 1 aliphatic rings. The van der Waals surface area contributed by atoms with Gasteiger partial charge in [-0.05, 0) is 20.8 Å². The van der Waals surface area contributed by atoms with E-state index in [1.807, 2.05) is 13.8 Å². The van der Waals surface area contributed by atoms with E-state index in [1.165, 1.54) is 0 Å². The van der Waals surface area contributed by atoms with Gasteiger partial charge in [-0.15, -0.1) is 0 Å². The van der Waals surface area contributed by atoms with Crippen LogP contribution in [0.5, 0.6) is 0 Å². The highest BCUT2D eigenvalue weighted by atomic mass is 16.1. The quantitative estimate of drug-likeness (QED) is 0.498. The van der Waals surface area contributed by atoms with Gasteiger partial charge in [0.25, 0.3) is 0 Å². The molecule has 0 amide bonds. The zero-order valence-electron chi connectivity index (χ0n) is 6.51. The molecule has 0 fully saturated rings. The van der Waals surface area contributed by atoms with E-state index in [9.17, 15) is 4.79 Å². The number of allylic oxidation sites excluding steroid dienone is 1. The van der Waals surface area contributed by atoms with Gasteiger partial charge in [0.1, 0.15) is 0 Å². The molecular weight excluding hydrogens is 126 g/mol. The maximum Gasteiger partial charge on any atom is 0.168 e. The molecule has 1 unspecified atom stereocenters. The highest BCUT2D eigenvalue weighted by molar-refractivity contribution is 6.12. The van der Waals surface area contributed by atoms with Gasteiger partial charge < -0.3 is 0 Å².